The zero-order valence-corrected chi connectivity index (χ0v) is 17.7. The van der Waals surface area contributed by atoms with Gasteiger partial charge in [-0.3, -0.25) is 4.79 Å². The highest BCUT2D eigenvalue weighted by atomic mass is 16.4. The van der Waals surface area contributed by atoms with Gasteiger partial charge >= 0.3 is 5.97 Å². The third-order valence-corrected chi connectivity index (χ3v) is 5.64. The monoisotopic (exact) mass is 413 g/mol. The Hall–Kier alpha value is -3.47. The van der Waals surface area contributed by atoms with Crippen molar-refractivity contribution in [1.29, 1.82) is 0 Å². The minimum absolute atomic E-state index is 0.482. The van der Waals surface area contributed by atoms with Gasteiger partial charge in [0.2, 0.25) is 0 Å². The zero-order chi connectivity index (χ0) is 21.6. The summed E-state index contributed by atoms with van der Waals surface area (Å²) in [4.78, 5) is 21.1. The Morgan fingerprint density at radius 2 is 1.71 bits per heavy atom. The lowest BCUT2D eigenvalue weighted by Crippen LogP contribution is -2.14. The van der Waals surface area contributed by atoms with Crippen LogP contribution in [0.15, 0.2) is 72.9 Å². The van der Waals surface area contributed by atoms with Gasteiger partial charge in [-0.15, -0.1) is 0 Å². The number of carboxylic acids is 1. The normalized spacial score (nSPS) is 12.2. The quantitative estimate of drug-likeness (QED) is 0.417. The molecular weight excluding hydrogens is 386 g/mol. The van der Waals surface area contributed by atoms with E-state index in [1.54, 1.807) is 0 Å². The van der Waals surface area contributed by atoms with E-state index in [4.69, 9.17) is 4.98 Å². The summed E-state index contributed by atoms with van der Waals surface area (Å²) in [6, 6.07) is 21.7. The summed E-state index contributed by atoms with van der Waals surface area (Å²) in [5.41, 5.74) is 4.97. The van der Waals surface area contributed by atoms with Gasteiger partial charge in [0.15, 0.2) is 5.65 Å². The number of aryl methyl sites for hydroxylation is 3. The lowest BCUT2D eigenvalue weighted by Gasteiger charge is -2.13. The molecule has 2 aromatic carbocycles. The molecule has 5 nitrogen and oxygen atoms in total. The predicted octanol–water partition coefficient (Wildman–Crippen LogP) is 5.04. The fraction of sp³-hybridized carbons (Fsp3) is 0.269. The first kappa shape index (κ1) is 20.8. The lowest BCUT2D eigenvalue weighted by molar-refractivity contribution is -0.138. The van der Waals surface area contributed by atoms with Crippen molar-refractivity contribution >= 4 is 17.1 Å². The molecule has 4 aromatic rings. The van der Waals surface area contributed by atoms with E-state index in [0.29, 0.717) is 6.42 Å². The molecular formula is C26H27N3O2. The summed E-state index contributed by atoms with van der Waals surface area (Å²) >= 11 is 0. The van der Waals surface area contributed by atoms with Gasteiger partial charge in [0.25, 0.3) is 0 Å². The van der Waals surface area contributed by atoms with Crippen LogP contribution in [0.2, 0.25) is 0 Å². The van der Waals surface area contributed by atoms with Crippen LogP contribution in [-0.2, 0) is 30.6 Å². The number of hydrogen-bond donors (Lipinski definition) is 1. The van der Waals surface area contributed by atoms with Crippen molar-refractivity contribution in [2.24, 2.45) is 0 Å². The molecule has 1 unspecified atom stereocenters. The van der Waals surface area contributed by atoms with Gasteiger partial charge in [-0.2, -0.15) is 0 Å². The third-order valence-electron chi connectivity index (χ3n) is 5.64. The standard InChI is InChI=1S/C26H27N3O2/c1-2-7-24-28-23-10-6-16-27-25(23)29(24)17-15-19-11-13-20(14-12-19)18-22(26(30)31)21-8-4-3-5-9-21/h3-6,8-14,16,22H,2,7,15,17-18H2,1H3,(H,30,31). The number of fused-ring (bicyclic) bond motifs is 1. The first-order valence-electron chi connectivity index (χ1n) is 10.8. The number of hydrogen-bond acceptors (Lipinski definition) is 3. The number of carbonyl (C=O) groups is 1. The summed E-state index contributed by atoms with van der Waals surface area (Å²) in [5, 5.41) is 9.67. The second-order valence-corrected chi connectivity index (χ2v) is 7.85. The Bertz CT molecular complexity index is 1150. The van der Waals surface area contributed by atoms with E-state index in [1.807, 2.05) is 60.8 Å². The Balaban J connectivity index is 1.46. The summed E-state index contributed by atoms with van der Waals surface area (Å²) in [6.07, 6.45) is 5.16. The first-order chi connectivity index (χ1) is 15.2. The van der Waals surface area contributed by atoms with E-state index in [1.165, 1.54) is 5.56 Å². The van der Waals surface area contributed by atoms with Gasteiger partial charge in [0.05, 0.1) is 5.92 Å². The number of carboxylic acid groups (broad SMARTS) is 1. The van der Waals surface area contributed by atoms with Crippen LogP contribution in [0.5, 0.6) is 0 Å². The summed E-state index contributed by atoms with van der Waals surface area (Å²) in [5.74, 6) is -0.245. The molecule has 0 saturated heterocycles. The Kier molecular flexibility index (Phi) is 6.41. The highest BCUT2D eigenvalue weighted by Gasteiger charge is 2.20. The van der Waals surface area contributed by atoms with Crippen molar-refractivity contribution in [3.63, 3.8) is 0 Å². The molecule has 0 fully saturated rings. The fourth-order valence-electron chi connectivity index (χ4n) is 4.01. The molecule has 0 aliphatic carbocycles. The molecule has 0 saturated carbocycles. The Labute approximate surface area is 182 Å². The van der Waals surface area contributed by atoms with E-state index in [-0.39, 0.29) is 0 Å². The molecule has 2 aromatic heterocycles. The van der Waals surface area contributed by atoms with Gasteiger partial charge in [0.1, 0.15) is 11.3 Å². The lowest BCUT2D eigenvalue weighted by atomic mass is 9.91. The molecule has 5 heteroatoms. The van der Waals surface area contributed by atoms with Gasteiger partial charge in [-0.25, -0.2) is 9.97 Å². The van der Waals surface area contributed by atoms with Gasteiger partial charge < -0.3 is 9.67 Å². The van der Waals surface area contributed by atoms with Crippen molar-refractivity contribution in [3.8, 4) is 0 Å². The number of aliphatic carboxylic acids is 1. The predicted molar refractivity (Wildman–Crippen MR) is 122 cm³/mol. The molecule has 1 atom stereocenters. The molecule has 0 spiro atoms. The maximum absolute atomic E-state index is 11.8. The number of imidazole rings is 1. The first-order valence-corrected chi connectivity index (χ1v) is 10.8. The van der Waals surface area contributed by atoms with Crippen LogP contribution in [0.4, 0.5) is 0 Å². The van der Waals surface area contributed by atoms with Crippen LogP contribution < -0.4 is 0 Å². The number of pyridine rings is 1. The van der Waals surface area contributed by atoms with Crippen molar-refractivity contribution in [2.75, 3.05) is 0 Å². The van der Waals surface area contributed by atoms with Crippen LogP contribution in [0.3, 0.4) is 0 Å². The van der Waals surface area contributed by atoms with Crippen molar-refractivity contribution in [3.05, 3.63) is 95.4 Å². The van der Waals surface area contributed by atoms with Crippen molar-refractivity contribution in [2.45, 2.75) is 45.1 Å². The highest BCUT2D eigenvalue weighted by Crippen LogP contribution is 2.22. The van der Waals surface area contributed by atoms with E-state index in [2.05, 4.69) is 28.6 Å². The molecule has 2 heterocycles. The molecule has 0 aliphatic heterocycles. The van der Waals surface area contributed by atoms with Crippen LogP contribution in [-0.4, -0.2) is 25.6 Å². The number of rotatable bonds is 9. The largest absolute Gasteiger partial charge is 0.481 e. The second-order valence-electron chi connectivity index (χ2n) is 7.85. The van der Waals surface area contributed by atoms with E-state index in [9.17, 15) is 9.90 Å². The topological polar surface area (TPSA) is 68.0 Å². The molecule has 0 aliphatic rings. The van der Waals surface area contributed by atoms with E-state index in [0.717, 1.165) is 53.9 Å². The second kappa shape index (κ2) is 9.56. The maximum atomic E-state index is 11.8. The molecule has 31 heavy (non-hydrogen) atoms. The number of aromatic nitrogens is 3. The van der Waals surface area contributed by atoms with E-state index < -0.39 is 11.9 Å². The van der Waals surface area contributed by atoms with E-state index >= 15 is 0 Å². The Morgan fingerprint density at radius 3 is 2.42 bits per heavy atom. The Morgan fingerprint density at radius 1 is 0.968 bits per heavy atom. The molecule has 0 bridgehead atoms. The molecule has 1 N–H and O–H groups in total. The minimum Gasteiger partial charge on any atom is -0.481 e. The molecule has 4 rings (SSSR count). The van der Waals surface area contributed by atoms with Crippen LogP contribution >= 0.6 is 0 Å². The molecule has 158 valence electrons. The van der Waals surface area contributed by atoms with Crippen LogP contribution in [0.25, 0.3) is 11.2 Å². The van der Waals surface area contributed by atoms with Gasteiger partial charge in [0, 0.05) is 19.2 Å². The van der Waals surface area contributed by atoms with Crippen LogP contribution in [0, 0.1) is 0 Å². The maximum Gasteiger partial charge on any atom is 0.311 e. The average Bonchev–Trinajstić information content (AvgIpc) is 3.14. The van der Waals surface area contributed by atoms with Crippen molar-refractivity contribution < 1.29 is 9.90 Å². The van der Waals surface area contributed by atoms with Crippen LogP contribution in [0.1, 0.15) is 41.8 Å². The minimum atomic E-state index is -0.793. The summed E-state index contributed by atoms with van der Waals surface area (Å²) < 4.78 is 2.22. The molecule has 0 amide bonds. The smallest absolute Gasteiger partial charge is 0.311 e. The van der Waals surface area contributed by atoms with Gasteiger partial charge in [-0.05, 0) is 48.1 Å². The highest BCUT2D eigenvalue weighted by molar-refractivity contribution is 5.76. The SMILES string of the molecule is CCCc1nc2cccnc2n1CCc1ccc(CC(C(=O)O)c2ccccc2)cc1. The number of benzene rings is 2. The average molecular weight is 414 g/mol. The van der Waals surface area contributed by atoms with Gasteiger partial charge in [-0.1, -0.05) is 61.5 Å². The zero-order valence-electron chi connectivity index (χ0n) is 17.7. The molecule has 0 radical (unpaired) electrons. The fourth-order valence-corrected chi connectivity index (χ4v) is 4.01. The number of nitrogens with zero attached hydrogens (tertiary/aromatic N) is 3. The summed E-state index contributed by atoms with van der Waals surface area (Å²) in [6.45, 7) is 2.99. The third kappa shape index (κ3) is 4.82. The summed E-state index contributed by atoms with van der Waals surface area (Å²) in [7, 11) is 0. The van der Waals surface area contributed by atoms with Crippen molar-refractivity contribution in [1.82, 2.24) is 14.5 Å².